The van der Waals surface area contributed by atoms with E-state index in [2.05, 4.69) is 182 Å². The third-order valence-corrected chi connectivity index (χ3v) is 19.6. The Hall–Kier alpha value is -3.82. The van der Waals surface area contributed by atoms with E-state index in [-0.39, 0.29) is 0 Å². The third-order valence-electron chi connectivity index (χ3n) is 9.45. The minimum absolute atomic E-state index is 1.23. The van der Waals surface area contributed by atoms with Crippen molar-refractivity contribution in [3.8, 4) is 0 Å². The summed E-state index contributed by atoms with van der Waals surface area (Å²) in [6.07, 6.45) is 7.43. The molecule has 0 atom stereocenters. The van der Waals surface area contributed by atoms with Gasteiger partial charge in [0.25, 0.3) is 0 Å². The Kier molecular flexibility index (Phi) is 10.1. The van der Waals surface area contributed by atoms with Gasteiger partial charge in [-0.05, 0) is 0 Å². The van der Waals surface area contributed by atoms with Gasteiger partial charge in [-0.25, -0.2) is 0 Å². The van der Waals surface area contributed by atoms with E-state index in [9.17, 15) is 0 Å². The van der Waals surface area contributed by atoms with Gasteiger partial charge in [0.15, 0.2) is 0 Å². The normalized spacial score (nSPS) is 12.5. The van der Waals surface area contributed by atoms with Gasteiger partial charge in [0.1, 0.15) is 0 Å². The second kappa shape index (κ2) is 14.8. The van der Waals surface area contributed by atoms with E-state index in [0.717, 1.165) is 0 Å². The molecule has 0 aliphatic rings. The van der Waals surface area contributed by atoms with Gasteiger partial charge in [-0.3, -0.25) is 0 Å². The van der Waals surface area contributed by atoms with E-state index in [0.29, 0.717) is 0 Å². The van der Waals surface area contributed by atoms with Crippen LogP contribution in [0.2, 0.25) is 0 Å². The van der Waals surface area contributed by atoms with Crippen LogP contribution >= 0.6 is 14.5 Å². The molecular formula is C42H44P2. The van der Waals surface area contributed by atoms with Gasteiger partial charge in [-0.1, -0.05) is 0 Å². The van der Waals surface area contributed by atoms with Crippen LogP contribution in [0.3, 0.4) is 0 Å². The van der Waals surface area contributed by atoms with Gasteiger partial charge in [-0.2, -0.15) is 0 Å². The van der Waals surface area contributed by atoms with Crippen LogP contribution in [0, 0.1) is 0 Å². The Morgan fingerprint density at radius 2 is 0.409 bits per heavy atom. The molecule has 0 aromatic heterocycles. The molecule has 6 aromatic rings. The van der Waals surface area contributed by atoms with Crippen molar-refractivity contribution in [1.29, 1.82) is 0 Å². The number of rotatable bonds is 13. The SMILES string of the molecule is c1ccc([PH](CCCCCC[PH](c2ccccc2)(c2ccccc2)c2ccccc2)(c2ccccc2)c2ccccc2)cc1. The van der Waals surface area contributed by atoms with Crippen LogP contribution in [-0.2, 0) is 0 Å². The molecule has 0 radical (unpaired) electrons. The average molecular weight is 611 g/mol. The molecule has 0 fully saturated rings. The topological polar surface area (TPSA) is 0 Å². The van der Waals surface area contributed by atoms with Crippen molar-refractivity contribution in [2.45, 2.75) is 25.7 Å². The predicted molar refractivity (Wildman–Crippen MR) is 201 cm³/mol. The summed E-state index contributed by atoms with van der Waals surface area (Å²) < 4.78 is 0. The molecule has 0 amide bonds. The first-order chi connectivity index (χ1) is 21.8. The van der Waals surface area contributed by atoms with Crippen molar-refractivity contribution in [2.24, 2.45) is 0 Å². The van der Waals surface area contributed by atoms with Crippen LogP contribution in [0.25, 0.3) is 0 Å². The Labute approximate surface area is 265 Å². The summed E-state index contributed by atoms with van der Waals surface area (Å²) in [6, 6.07) is 68.2. The van der Waals surface area contributed by atoms with Gasteiger partial charge in [0.2, 0.25) is 0 Å². The first-order valence-corrected chi connectivity index (χ1v) is 20.6. The summed E-state index contributed by atoms with van der Waals surface area (Å²) in [4.78, 5) is 0. The van der Waals surface area contributed by atoms with Gasteiger partial charge < -0.3 is 0 Å². The van der Waals surface area contributed by atoms with E-state index < -0.39 is 14.5 Å². The maximum atomic E-state index is 2.38. The molecule has 0 N–H and O–H groups in total. The van der Waals surface area contributed by atoms with Gasteiger partial charge in [0, 0.05) is 0 Å². The number of hydrogen-bond acceptors (Lipinski definition) is 0. The van der Waals surface area contributed by atoms with E-state index in [1.807, 2.05) is 0 Å². The fraction of sp³-hybridized carbons (Fsp3) is 0.143. The van der Waals surface area contributed by atoms with Crippen molar-refractivity contribution in [3.05, 3.63) is 182 Å². The van der Waals surface area contributed by atoms with Crippen LogP contribution < -0.4 is 31.8 Å². The predicted octanol–water partition coefficient (Wildman–Crippen LogP) is 8.00. The number of hydrogen-bond donors (Lipinski definition) is 0. The second-order valence-corrected chi connectivity index (χ2v) is 20.0. The minimum atomic E-state index is -2.17. The summed E-state index contributed by atoms with van der Waals surface area (Å²) in [5, 5.41) is 9.09. The molecule has 0 nitrogen and oxygen atoms in total. The van der Waals surface area contributed by atoms with Crippen molar-refractivity contribution in [2.75, 3.05) is 12.3 Å². The Bertz CT molecular complexity index is 1350. The van der Waals surface area contributed by atoms with E-state index >= 15 is 0 Å². The van der Waals surface area contributed by atoms with E-state index in [1.165, 1.54) is 69.8 Å². The zero-order valence-electron chi connectivity index (χ0n) is 25.6. The number of benzene rings is 6. The fourth-order valence-corrected chi connectivity index (χ4v) is 17.2. The molecule has 0 heterocycles. The van der Waals surface area contributed by atoms with Crippen LogP contribution in [0.4, 0.5) is 0 Å². The molecular weight excluding hydrogens is 566 g/mol. The van der Waals surface area contributed by atoms with Gasteiger partial charge >= 0.3 is 266 Å². The second-order valence-electron chi connectivity index (χ2n) is 11.9. The first-order valence-electron chi connectivity index (χ1n) is 16.2. The van der Waals surface area contributed by atoms with E-state index in [1.54, 1.807) is 0 Å². The summed E-state index contributed by atoms with van der Waals surface area (Å²) in [5.41, 5.74) is 0. The maximum absolute atomic E-state index is 2.38. The average Bonchev–Trinajstić information content (AvgIpc) is 3.12. The van der Waals surface area contributed by atoms with Crippen molar-refractivity contribution < 1.29 is 0 Å². The molecule has 6 aromatic carbocycles. The zero-order chi connectivity index (χ0) is 29.9. The van der Waals surface area contributed by atoms with Crippen LogP contribution in [0.1, 0.15) is 25.7 Å². The molecule has 0 aliphatic heterocycles. The molecule has 0 spiro atoms. The van der Waals surface area contributed by atoms with Crippen molar-refractivity contribution >= 4 is 46.4 Å². The van der Waals surface area contributed by atoms with Crippen molar-refractivity contribution in [3.63, 3.8) is 0 Å². The van der Waals surface area contributed by atoms with Crippen LogP contribution in [0.15, 0.2) is 182 Å². The monoisotopic (exact) mass is 610 g/mol. The van der Waals surface area contributed by atoms with Crippen LogP contribution in [-0.4, -0.2) is 12.3 Å². The fourth-order valence-electron chi connectivity index (χ4n) is 7.34. The molecule has 44 heavy (non-hydrogen) atoms. The zero-order valence-corrected chi connectivity index (χ0v) is 27.6. The third kappa shape index (κ3) is 6.35. The Morgan fingerprint density at radius 3 is 0.591 bits per heavy atom. The Balaban J connectivity index is 1.26. The molecule has 6 rings (SSSR count). The molecule has 2 heteroatoms. The van der Waals surface area contributed by atoms with E-state index in [4.69, 9.17) is 0 Å². The molecule has 0 saturated heterocycles. The summed E-state index contributed by atoms with van der Waals surface area (Å²) in [7, 11) is -4.34. The standard InChI is InChI=1S/C42H44P2/c1(21-35-43(37-23-9-3-10-24-37,38-25-11-4-12-26-38)39-27-13-5-14-28-39)2-22-36-44(40-29-15-6-16-30-40,41-31-17-7-18-32-41)42-33-19-8-20-34-42/h3-20,23-34,43-44H,1-2,21-22,35-36H2. The summed E-state index contributed by atoms with van der Waals surface area (Å²) in [5.74, 6) is 0. The number of unbranched alkanes of at least 4 members (excludes halogenated alkanes) is 3. The molecule has 0 unspecified atom stereocenters. The summed E-state index contributed by atoms with van der Waals surface area (Å²) in [6.45, 7) is 0. The molecule has 0 bridgehead atoms. The molecule has 222 valence electrons. The van der Waals surface area contributed by atoms with Gasteiger partial charge in [-0.15, -0.1) is 0 Å². The van der Waals surface area contributed by atoms with Crippen molar-refractivity contribution in [1.82, 2.24) is 0 Å². The summed E-state index contributed by atoms with van der Waals surface area (Å²) >= 11 is 0. The first kappa shape index (κ1) is 30.2. The molecule has 0 saturated carbocycles. The quantitative estimate of drug-likeness (QED) is 0.0919. The Morgan fingerprint density at radius 1 is 0.227 bits per heavy atom. The molecule has 0 aliphatic carbocycles. The van der Waals surface area contributed by atoms with Gasteiger partial charge in [0.05, 0.1) is 0 Å². The van der Waals surface area contributed by atoms with Crippen LogP contribution in [0.5, 0.6) is 0 Å².